The van der Waals surface area contributed by atoms with Crippen molar-refractivity contribution < 1.29 is 18.8 Å². The van der Waals surface area contributed by atoms with Crippen molar-refractivity contribution in [2.24, 2.45) is 0 Å². The molecule has 1 saturated heterocycles. The molecule has 8 heteroatoms. The number of rotatable bonds is 3. The Morgan fingerprint density at radius 2 is 2.04 bits per heavy atom. The highest BCUT2D eigenvalue weighted by Crippen LogP contribution is 2.41. The average Bonchev–Trinajstić information content (AvgIpc) is 2.89. The summed E-state index contributed by atoms with van der Waals surface area (Å²) in [4.78, 5) is 41.9. The third kappa shape index (κ3) is 2.44. The van der Waals surface area contributed by atoms with Crippen LogP contribution in [0.15, 0.2) is 41.5 Å². The Kier molecular flexibility index (Phi) is 4.07. The predicted molar refractivity (Wildman–Crippen MR) is 96.6 cm³/mol. The van der Waals surface area contributed by atoms with E-state index in [0.29, 0.717) is 29.2 Å². The second-order valence-corrected chi connectivity index (χ2v) is 7.18. The minimum absolute atomic E-state index is 0.126. The number of nitrogens with zero attached hydrogens (tertiary/aromatic N) is 3. The van der Waals surface area contributed by atoms with Crippen LogP contribution >= 0.6 is 11.8 Å². The van der Waals surface area contributed by atoms with Crippen molar-refractivity contribution in [3.63, 3.8) is 0 Å². The van der Waals surface area contributed by atoms with Crippen LogP contribution in [0.1, 0.15) is 12.8 Å². The number of anilines is 2. The second-order valence-electron chi connectivity index (χ2n) is 6.16. The average molecular weight is 373 g/mol. The van der Waals surface area contributed by atoms with Crippen LogP contribution in [0.3, 0.4) is 0 Å². The van der Waals surface area contributed by atoms with Crippen molar-refractivity contribution in [2.45, 2.75) is 17.7 Å². The number of amides is 4. The zero-order valence-electron chi connectivity index (χ0n) is 13.9. The summed E-state index contributed by atoms with van der Waals surface area (Å²) in [6, 6.07) is 2.14. The molecule has 0 saturated carbocycles. The molecule has 0 radical (unpaired) electrons. The van der Waals surface area contributed by atoms with Crippen molar-refractivity contribution in [3.8, 4) is 0 Å². The Labute approximate surface area is 153 Å². The molecule has 3 heterocycles. The van der Waals surface area contributed by atoms with Crippen LogP contribution < -0.4 is 9.80 Å². The van der Waals surface area contributed by atoms with Crippen molar-refractivity contribution in [1.82, 2.24) is 4.90 Å². The Morgan fingerprint density at radius 3 is 2.77 bits per heavy atom. The fourth-order valence-corrected chi connectivity index (χ4v) is 4.30. The van der Waals surface area contributed by atoms with E-state index >= 15 is 0 Å². The summed E-state index contributed by atoms with van der Waals surface area (Å²) >= 11 is 1.24. The number of carbonyl (C=O) groups excluding carboxylic acids is 3. The SMILES string of the molecule is C=CCN1C(=O)CSc2cc(F)c(N3C(=O)C4=CCCCN4C3=O)cc21. The van der Waals surface area contributed by atoms with Crippen molar-refractivity contribution >= 4 is 41.0 Å². The fourth-order valence-electron chi connectivity index (χ4n) is 3.37. The number of hydrogen-bond acceptors (Lipinski definition) is 4. The van der Waals surface area contributed by atoms with Crippen molar-refractivity contribution in [3.05, 3.63) is 42.4 Å². The van der Waals surface area contributed by atoms with Gasteiger partial charge in [0.1, 0.15) is 11.5 Å². The molecule has 1 aromatic carbocycles. The molecular weight excluding hydrogens is 357 g/mol. The number of thioether (sulfide) groups is 1. The van der Waals surface area contributed by atoms with Gasteiger partial charge in [0.25, 0.3) is 5.91 Å². The molecule has 3 aliphatic rings. The Balaban J connectivity index is 1.81. The van der Waals surface area contributed by atoms with Crippen LogP contribution in [-0.2, 0) is 9.59 Å². The van der Waals surface area contributed by atoms with Crippen LogP contribution in [0, 0.1) is 5.82 Å². The van der Waals surface area contributed by atoms with Crippen LogP contribution in [0.4, 0.5) is 20.6 Å². The Morgan fingerprint density at radius 1 is 1.23 bits per heavy atom. The first-order valence-corrected chi connectivity index (χ1v) is 9.25. The molecule has 0 spiro atoms. The van der Waals surface area contributed by atoms with Gasteiger partial charge in [-0.15, -0.1) is 18.3 Å². The number of allylic oxidation sites excluding steroid dienone is 1. The van der Waals surface area contributed by atoms with E-state index in [1.807, 2.05) is 0 Å². The number of urea groups is 1. The lowest BCUT2D eigenvalue weighted by atomic mass is 10.1. The van der Waals surface area contributed by atoms with Gasteiger partial charge in [0.05, 0.1) is 17.1 Å². The molecule has 4 rings (SSSR count). The van der Waals surface area contributed by atoms with Gasteiger partial charge in [-0.25, -0.2) is 14.1 Å². The molecule has 0 aliphatic carbocycles. The molecule has 3 aliphatic heterocycles. The summed E-state index contributed by atoms with van der Waals surface area (Å²) in [5.41, 5.74) is 0.659. The first-order valence-electron chi connectivity index (χ1n) is 8.26. The molecule has 6 nitrogen and oxygen atoms in total. The summed E-state index contributed by atoms with van der Waals surface area (Å²) in [6.45, 7) is 4.36. The molecule has 0 atom stereocenters. The van der Waals surface area contributed by atoms with Crippen LogP contribution in [-0.4, -0.2) is 41.6 Å². The van der Waals surface area contributed by atoms with E-state index in [9.17, 15) is 18.8 Å². The van der Waals surface area contributed by atoms with Crippen LogP contribution in [0.5, 0.6) is 0 Å². The zero-order chi connectivity index (χ0) is 18.4. The first kappa shape index (κ1) is 16.8. The molecule has 0 unspecified atom stereocenters. The highest BCUT2D eigenvalue weighted by atomic mass is 32.2. The number of imide groups is 1. The highest BCUT2D eigenvalue weighted by molar-refractivity contribution is 8.00. The van der Waals surface area contributed by atoms with Gasteiger partial charge in [0.2, 0.25) is 5.91 Å². The number of hydrogen-bond donors (Lipinski definition) is 0. The third-order valence-corrected chi connectivity index (χ3v) is 5.61. The second kappa shape index (κ2) is 6.28. The van der Waals surface area contributed by atoms with Crippen LogP contribution in [0.25, 0.3) is 0 Å². The van der Waals surface area contributed by atoms with E-state index in [1.54, 1.807) is 12.2 Å². The fraction of sp³-hybridized carbons (Fsp3) is 0.278. The topological polar surface area (TPSA) is 60.9 Å². The summed E-state index contributed by atoms with van der Waals surface area (Å²) < 4.78 is 14.7. The summed E-state index contributed by atoms with van der Waals surface area (Å²) in [5.74, 6) is -1.11. The number of fused-ring (bicyclic) bond motifs is 2. The molecule has 0 bridgehead atoms. The van der Waals surface area contributed by atoms with Crippen molar-refractivity contribution in [1.29, 1.82) is 0 Å². The largest absolute Gasteiger partial charge is 0.336 e. The summed E-state index contributed by atoms with van der Waals surface area (Å²) in [5, 5.41) is 0. The molecule has 4 amide bonds. The normalized spacial score (nSPS) is 19.5. The highest BCUT2D eigenvalue weighted by Gasteiger charge is 2.44. The lowest BCUT2D eigenvalue weighted by Gasteiger charge is -2.29. The number of benzene rings is 1. The van der Waals surface area contributed by atoms with Crippen LogP contribution in [0.2, 0.25) is 0 Å². The molecule has 1 fully saturated rings. The standard InChI is InChI=1S/C18H16FN3O3S/c1-2-6-20-14-9-13(11(19)8-15(14)26-10-16(20)23)22-17(24)12-5-3-4-7-21(12)18(22)25/h2,5,8-9H,1,3-4,6-7,10H2. The molecule has 26 heavy (non-hydrogen) atoms. The number of carbonyl (C=O) groups is 3. The summed E-state index contributed by atoms with van der Waals surface area (Å²) in [7, 11) is 0. The maximum absolute atomic E-state index is 14.7. The van der Waals surface area contributed by atoms with E-state index in [2.05, 4.69) is 6.58 Å². The minimum atomic E-state index is -0.661. The predicted octanol–water partition coefficient (Wildman–Crippen LogP) is 2.90. The lowest BCUT2D eigenvalue weighted by molar-refractivity contribution is -0.116. The van der Waals surface area contributed by atoms with Gasteiger partial charge in [-0.2, -0.15) is 0 Å². The summed E-state index contributed by atoms with van der Waals surface area (Å²) in [6.07, 6.45) is 4.77. The molecular formula is C18H16FN3O3S. The minimum Gasteiger partial charge on any atom is -0.307 e. The third-order valence-electron chi connectivity index (χ3n) is 4.58. The monoisotopic (exact) mass is 373 g/mol. The van der Waals surface area contributed by atoms with Gasteiger partial charge in [0, 0.05) is 18.0 Å². The van der Waals surface area contributed by atoms with Gasteiger partial charge >= 0.3 is 6.03 Å². The number of halogens is 1. The van der Waals surface area contributed by atoms with Gasteiger partial charge in [-0.3, -0.25) is 14.5 Å². The van der Waals surface area contributed by atoms with Gasteiger partial charge in [-0.05, 0) is 25.0 Å². The van der Waals surface area contributed by atoms with Gasteiger partial charge in [-0.1, -0.05) is 12.2 Å². The maximum Gasteiger partial charge on any atom is 0.336 e. The molecule has 134 valence electrons. The van der Waals surface area contributed by atoms with E-state index in [1.165, 1.54) is 33.7 Å². The maximum atomic E-state index is 14.7. The zero-order valence-corrected chi connectivity index (χ0v) is 14.7. The van der Waals surface area contributed by atoms with Gasteiger partial charge in [0.15, 0.2) is 0 Å². The smallest absolute Gasteiger partial charge is 0.307 e. The van der Waals surface area contributed by atoms with Crippen molar-refractivity contribution in [2.75, 3.05) is 28.6 Å². The van der Waals surface area contributed by atoms with E-state index in [0.717, 1.165) is 11.3 Å². The quantitative estimate of drug-likeness (QED) is 0.604. The Bertz CT molecular complexity index is 883. The van der Waals surface area contributed by atoms with E-state index in [-0.39, 0.29) is 23.9 Å². The van der Waals surface area contributed by atoms with E-state index < -0.39 is 17.8 Å². The first-order chi connectivity index (χ1) is 12.5. The lowest BCUT2D eigenvalue weighted by Crippen LogP contribution is -2.37. The molecule has 0 aromatic heterocycles. The van der Waals surface area contributed by atoms with E-state index in [4.69, 9.17) is 0 Å². The molecule has 0 N–H and O–H groups in total. The Hall–Kier alpha value is -2.61. The molecule has 1 aromatic rings. The van der Waals surface area contributed by atoms with Gasteiger partial charge < -0.3 is 4.90 Å².